The number of halogens is 3. The van der Waals surface area contributed by atoms with Crippen molar-refractivity contribution in [2.24, 2.45) is 5.92 Å². The van der Waals surface area contributed by atoms with Crippen molar-refractivity contribution in [3.05, 3.63) is 70.6 Å². The van der Waals surface area contributed by atoms with Crippen molar-refractivity contribution >= 4 is 34.2 Å². The molecule has 4 rings (SSSR count). The number of anilines is 2. The third kappa shape index (κ3) is 3.91. The molecule has 6 nitrogen and oxygen atoms in total. The van der Waals surface area contributed by atoms with Crippen molar-refractivity contribution in [1.82, 2.24) is 0 Å². The van der Waals surface area contributed by atoms with Gasteiger partial charge in [0, 0.05) is 35.8 Å². The van der Waals surface area contributed by atoms with Gasteiger partial charge in [0.2, 0.25) is 11.8 Å². The molecule has 1 N–H and O–H groups in total. The number of fused-ring (bicyclic) bond motifs is 1. The van der Waals surface area contributed by atoms with Crippen molar-refractivity contribution in [2.45, 2.75) is 12.6 Å². The zero-order chi connectivity index (χ0) is 21.5. The molecule has 0 radical (unpaired) electrons. The minimum atomic E-state index is -4.52. The van der Waals surface area contributed by atoms with Crippen LogP contribution in [-0.2, 0) is 15.8 Å². The van der Waals surface area contributed by atoms with E-state index in [0.29, 0.717) is 16.7 Å². The summed E-state index contributed by atoms with van der Waals surface area (Å²) in [6.07, 6.45) is -4.63. The molecule has 1 aliphatic heterocycles. The number of benzene rings is 2. The SMILES string of the molecule is O=C(Nc1ccc2oc(=O)ccc2c1)C1CC(=O)N(c2cccc(C(F)(F)F)c2)C1. The fourth-order valence-corrected chi connectivity index (χ4v) is 3.38. The van der Waals surface area contributed by atoms with Crippen molar-refractivity contribution in [1.29, 1.82) is 0 Å². The lowest BCUT2D eigenvalue weighted by Crippen LogP contribution is -2.28. The van der Waals surface area contributed by atoms with Gasteiger partial charge in [-0.1, -0.05) is 6.07 Å². The van der Waals surface area contributed by atoms with E-state index in [2.05, 4.69) is 5.32 Å². The second-order valence-corrected chi connectivity index (χ2v) is 6.95. The van der Waals surface area contributed by atoms with Gasteiger partial charge in [0.25, 0.3) is 0 Å². The van der Waals surface area contributed by atoms with Crippen LogP contribution in [0.2, 0.25) is 0 Å². The fraction of sp³-hybridized carbons (Fsp3) is 0.190. The Bertz CT molecular complexity index is 1200. The highest BCUT2D eigenvalue weighted by Crippen LogP contribution is 2.33. The van der Waals surface area contributed by atoms with Gasteiger partial charge in [-0.3, -0.25) is 9.59 Å². The summed E-state index contributed by atoms with van der Waals surface area (Å²) in [5, 5.41) is 3.31. The number of nitrogens with one attached hydrogen (secondary N) is 1. The Balaban J connectivity index is 1.49. The lowest BCUT2D eigenvalue weighted by molar-refractivity contribution is -0.137. The van der Waals surface area contributed by atoms with E-state index in [1.807, 2.05) is 0 Å². The van der Waals surface area contributed by atoms with E-state index in [-0.39, 0.29) is 18.7 Å². The van der Waals surface area contributed by atoms with Gasteiger partial charge in [0.1, 0.15) is 5.58 Å². The second-order valence-electron chi connectivity index (χ2n) is 6.95. The van der Waals surface area contributed by atoms with Crippen LogP contribution in [0.15, 0.2) is 63.8 Å². The molecule has 1 aromatic heterocycles. The summed E-state index contributed by atoms with van der Waals surface area (Å²) in [5.41, 5.74) is -0.425. The third-order valence-corrected chi connectivity index (χ3v) is 4.87. The molecular weight excluding hydrogens is 401 g/mol. The molecule has 2 aromatic carbocycles. The highest BCUT2D eigenvalue weighted by molar-refractivity contribution is 6.04. The summed E-state index contributed by atoms with van der Waals surface area (Å²) < 4.78 is 43.9. The first-order chi connectivity index (χ1) is 14.2. The Kier molecular flexibility index (Phi) is 4.81. The zero-order valence-electron chi connectivity index (χ0n) is 15.4. The Morgan fingerprint density at radius 3 is 2.63 bits per heavy atom. The van der Waals surface area contributed by atoms with Gasteiger partial charge < -0.3 is 14.6 Å². The molecule has 0 bridgehead atoms. The molecule has 1 fully saturated rings. The zero-order valence-corrected chi connectivity index (χ0v) is 15.4. The summed E-state index contributed by atoms with van der Waals surface area (Å²) in [5.74, 6) is -1.55. The molecule has 3 aromatic rings. The molecule has 1 aliphatic rings. The van der Waals surface area contributed by atoms with Gasteiger partial charge in [-0.05, 0) is 42.5 Å². The molecule has 2 amide bonds. The van der Waals surface area contributed by atoms with Crippen LogP contribution < -0.4 is 15.8 Å². The normalized spacial score (nSPS) is 16.8. The number of nitrogens with zero attached hydrogens (tertiary/aromatic N) is 1. The first-order valence-electron chi connectivity index (χ1n) is 9.03. The van der Waals surface area contributed by atoms with E-state index in [1.165, 1.54) is 23.1 Å². The average molecular weight is 416 g/mol. The van der Waals surface area contributed by atoms with Crippen LogP contribution in [0.25, 0.3) is 11.0 Å². The topological polar surface area (TPSA) is 79.6 Å². The predicted molar refractivity (Wildman–Crippen MR) is 103 cm³/mol. The molecule has 9 heteroatoms. The van der Waals surface area contributed by atoms with Gasteiger partial charge >= 0.3 is 11.8 Å². The van der Waals surface area contributed by atoms with E-state index in [1.54, 1.807) is 24.3 Å². The summed E-state index contributed by atoms with van der Waals surface area (Å²) in [6.45, 7) is -0.0194. The van der Waals surface area contributed by atoms with Crippen LogP contribution in [0.4, 0.5) is 24.5 Å². The van der Waals surface area contributed by atoms with Gasteiger partial charge in [-0.25, -0.2) is 4.79 Å². The molecule has 1 atom stereocenters. The van der Waals surface area contributed by atoms with Crippen molar-refractivity contribution in [3.8, 4) is 0 Å². The number of alkyl halides is 3. The number of hydrogen-bond acceptors (Lipinski definition) is 4. The van der Waals surface area contributed by atoms with E-state index < -0.39 is 35.1 Å². The monoisotopic (exact) mass is 416 g/mol. The molecule has 154 valence electrons. The largest absolute Gasteiger partial charge is 0.423 e. The first-order valence-corrected chi connectivity index (χ1v) is 9.03. The van der Waals surface area contributed by atoms with Crippen LogP contribution in [0.5, 0.6) is 0 Å². The fourth-order valence-electron chi connectivity index (χ4n) is 3.38. The van der Waals surface area contributed by atoms with Gasteiger partial charge in [-0.15, -0.1) is 0 Å². The maximum Gasteiger partial charge on any atom is 0.416 e. The molecule has 2 heterocycles. The summed E-state index contributed by atoms with van der Waals surface area (Å²) >= 11 is 0. The standard InChI is InChI=1S/C21H15F3N2O4/c22-21(23,24)14-2-1-3-16(10-14)26-11-13(9-18(26)27)20(29)25-15-5-6-17-12(8-15)4-7-19(28)30-17/h1-8,10,13H,9,11H2,(H,25,29). The van der Waals surface area contributed by atoms with Gasteiger partial charge in [-0.2, -0.15) is 13.2 Å². The number of carbonyl (C=O) groups is 2. The Morgan fingerprint density at radius 1 is 1.07 bits per heavy atom. The molecule has 0 aliphatic carbocycles. The van der Waals surface area contributed by atoms with Crippen molar-refractivity contribution in [3.63, 3.8) is 0 Å². The van der Waals surface area contributed by atoms with Crippen molar-refractivity contribution in [2.75, 3.05) is 16.8 Å². The average Bonchev–Trinajstić information content (AvgIpc) is 3.09. The second kappa shape index (κ2) is 7.33. The summed E-state index contributed by atoms with van der Waals surface area (Å²) in [7, 11) is 0. The Labute approximate surface area is 167 Å². The van der Waals surface area contributed by atoms with Crippen LogP contribution in [0, 0.1) is 5.92 Å². The molecule has 1 saturated heterocycles. The molecule has 0 saturated carbocycles. The predicted octanol–water partition coefficient (Wildman–Crippen LogP) is 3.80. The molecular formula is C21H15F3N2O4. The van der Waals surface area contributed by atoms with Crippen LogP contribution >= 0.6 is 0 Å². The van der Waals surface area contributed by atoms with Crippen LogP contribution in [0.3, 0.4) is 0 Å². The minimum Gasteiger partial charge on any atom is -0.423 e. The lowest BCUT2D eigenvalue weighted by atomic mass is 10.1. The molecule has 0 spiro atoms. The smallest absolute Gasteiger partial charge is 0.416 e. The number of carbonyl (C=O) groups excluding carboxylic acids is 2. The number of rotatable bonds is 3. The van der Waals surface area contributed by atoms with Gasteiger partial charge in [0.05, 0.1) is 11.5 Å². The summed E-state index contributed by atoms with van der Waals surface area (Å²) in [4.78, 5) is 37.4. The highest BCUT2D eigenvalue weighted by atomic mass is 19.4. The maximum atomic E-state index is 12.9. The Morgan fingerprint density at radius 2 is 1.87 bits per heavy atom. The van der Waals surface area contributed by atoms with E-state index >= 15 is 0 Å². The summed E-state index contributed by atoms with van der Waals surface area (Å²) in [6, 6.07) is 12.0. The first kappa shape index (κ1) is 19.7. The van der Waals surface area contributed by atoms with E-state index in [9.17, 15) is 27.6 Å². The highest BCUT2D eigenvalue weighted by Gasteiger charge is 2.37. The quantitative estimate of drug-likeness (QED) is 0.659. The van der Waals surface area contributed by atoms with Crippen molar-refractivity contribution < 1.29 is 27.2 Å². The lowest BCUT2D eigenvalue weighted by Gasteiger charge is -2.18. The maximum absolute atomic E-state index is 12.9. The minimum absolute atomic E-state index is 0.0194. The third-order valence-electron chi connectivity index (χ3n) is 4.87. The van der Waals surface area contributed by atoms with Crippen LogP contribution in [0.1, 0.15) is 12.0 Å². The molecule has 30 heavy (non-hydrogen) atoms. The number of hydrogen-bond donors (Lipinski definition) is 1. The number of amides is 2. The Hall–Kier alpha value is -3.62. The molecule has 1 unspecified atom stereocenters. The van der Waals surface area contributed by atoms with Gasteiger partial charge in [0.15, 0.2) is 0 Å². The van der Waals surface area contributed by atoms with E-state index in [0.717, 1.165) is 12.1 Å². The van der Waals surface area contributed by atoms with E-state index in [4.69, 9.17) is 4.42 Å². The van der Waals surface area contributed by atoms with Crippen LogP contribution in [-0.4, -0.2) is 18.4 Å².